The zero-order valence-corrected chi connectivity index (χ0v) is 16.2. The highest BCUT2D eigenvalue weighted by Gasteiger charge is 2.11. The van der Waals surface area contributed by atoms with Crippen LogP contribution in [0.3, 0.4) is 0 Å². The Kier molecular flexibility index (Phi) is 6.32. The highest BCUT2D eigenvalue weighted by Crippen LogP contribution is 2.24. The van der Waals surface area contributed by atoms with E-state index < -0.39 is 5.97 Å². The quantitative estimate of drug-likeness (QED) is 0.406. The minimum atomic E-state index is -0.393. The van der Waals surface area contributed by atoms with Crippen LogP contribution in [0.1, 0.15) is 18.2 Å². The van der Waals surface area contributed by atoms with Gasteiger partial charge < -0.3 is 4.74 Å². The molecule has 0 aliphatic heterocycles. The average Bonchev–Trinajstić information content (AvgIpc) is 3.06. The van der Waals surface area contributed by atoms with Crippen LogP contribution in [0.25, 0.3) is 17.3 Å². The van der Waals surface area contributed by atoms with Gasteiger partial charge in [0.2, 0.25) is 0 Å². The van der Waals surface area contributed by atoms with Gasteiger partial charge in [0.05, 0.1) is 24.5 Å². The zero-order valence-electron chi connectivity index (χ0n) is 14.7. The normalized spacial score (nSPS) is 11.1. The van der Waals surface area contributed by atoms with Gasteiger partial charge in [0.25, 0.3) is 0 Å². The lowest BCUT2D eigenvalue weighted by Gasteiger charge is -2.07. The molecule has 0 unspecified atom stereocenters. The summed E-state index contributed by atoms with van der Waals surface area (Å²) >= 11 is 12.3. The van der Waals surface area contributed by atoms with E-state index >= 15 is 0 Å². The average molecular weight is 401 g/mol. The summed E-state index contributed by atoms with van der Waals surface area (Å²) < 4.78 is 6.75. The Bertz CT molecular complexity index is 966. The van der Waals surface area contributed by atoms with E-state index in [-0.39, 0.29) is 0 Å². The van der Waals surface area contributed by atoms with E-state index in [2.05, 4.69) is 5.10 Å². The molecule has 3 aromatic rings. The Morgan fingerprint density at radius 2 is 1.93 bits per heavy atom. The summed E-state index contributed by atoms with van der Waals surface area (Å²) in [4.78, 5) is 11.7. The molecule has 0 spiro atoms. The lowest BCUT2D eigenvalue weighted by atomic mass is 10.1. The summed E-state index contributed by atoms with van der Waals surface area (Å²) in [5.41, 5.74) is 3.45. The second-order valence-corrected chi connectivity index (χ2v) is 6.64. The second-order valence-electron chi connectivity index (χ2n) is 5.80. The number of ether oxygens (including phenoxy) is 1. The number of aromatic nitrogens is 2. The third kappa shape index (κ3) is 5.00. The van der Waals surface area contributed by atoms with Crippen molar-refractivity contribution in [2.45, 2.75) is 13.5 Å². The number of halogens is 2. The summed E-state index contributed by atoms with van der Waals surface area (Å²) in [6.07, 6.45) is 3.09. The van der Waals surface area contributed by atoms with E-state index in [1.807, 2.05) is 42.5 Å². The van der Waals surface area contributed by atoms with Crippen LogP contribution in [0, 0.1) is 0 Å². The molecule has 27 heavy (non-hydrogen) atoms. The molecule has 138 valence electrons. The number of hydrogen-bond donors (Lipinski definition) is 0. The smallest absolute Gasteiger partial charge is 0.330 e. The number of nitrogens with zero attached hydrogens (tertiary/aromatic N) is 2. The SMILES string of the molecule is CCOC(=O)/C=C/c1cc(-c2ccccc2)nn1Cc1ccc(Cl)cc1Cl. The summed E-state index contributed by atoms with van der Waals surface area (Å²) in [6.45, 7) is 2.55. The predicted octanol–water partition coefficient (Wildman–Crippen LogP) is 5.48. The van der Waals surface area contributed by atoms with E-state index in [0.29, 0.717) is 23.2 Å². The standard InChI is InChI=1S/C21H18Cl2N2O2/c1-2-27-21(26)11-10-18-13-20(15-6-4-3-5-7-15)24-25(18)14-16-8-9-17(22)12-19(16)23/h3-13H,2,14H2,1H3/b11-10+. The van der Waals surface area contributed by atoms with Crippen LogP contribution >= 0.6 is 23.2 Å². The molecule has 2 aromatic carbocycles. The molecule has 3 rings (SSSR count). The maximum absolute atomic E-state index is 11.7. The highest BCUT2D eigenvalue weighted by atomic mass is 35.5. The van der Waals surface area contributed by atoms with E-state index in [0.717, 1.165) is 22.5 Å². The van der Waals surface area contributed by atoms with Gasteiger partial charge in [-0.2, -0.15) is 5.10 Å². The van der Waals surface area contributed by atoms with Crippen molar-refractivity contribution in [3.63, 3.8) is 0 Å². The van der Waals surface area contributed by atoms with Crippen LogP contribution in [0.5, 0.6) is 0 Å². The third-order valence-corrected chi connectivity index (χ3v) is 4.48. The summed E-state index contributed by atoms with van der Waals surface area (Å²) in [5.74, 6) is -0.393. The Hall–Kier alpha value is -2.56. The van der Waals surface area contributed by atoms with E-state index in [1.165, 1.54) is 6.08 Å². The van der Waals surface area contributed by atoms with Crippen LogP contribution in [0.15, 0.2) is 60.7 Å². The maximum atomic E-state index is 11.7. The molecule has 0 bridgehead atoms. The number of carbonyl (C=O) groups excluding carboxylic acids is 1. The molecule has 1 aromatic heterocycles. The Morgan fingerprint density at radius 1 is 1.15 bits per heavy atom. The molecule has 0 saturated heterocycles. The van der Waals surface area contributed by atoms with Gasteiger partial charge in [0.1, 0.15) is 0 Å². The largest absolute Gasteiger partial charge is 0.463 e. The van der Waals surface area contributed by atoms with Crippen molar-refractivity contribution in [2.24, 2.45) is 0 Å². The molecular formula is C21H18Cl2N2O2. The second kappa shape index (κ2) is 8.89. The lowest BCUT2D eigenvalue weighted by molar-refractivity contribution is -0.137. The van der Waals surface area contributed by atoms with Crippen LogP contribution in [0.2, 0.25) is 10.0 Å². The molecule has 0 aliphatic carbocycles. The van der Waals surface area contributed by atoms with Gasteiger partial charge in [-0.15, -0.1) is 0 Å². The molecule has 0 saturated carbocycles. The molecule has 0 aliphatic rings. The van der Waals surface area contributed by atoms with Gasteiger partial charge in [-0.25, -0.2) is 4.79 Å². The van der Waals surface area contributed by atoms with Crippen molar-refractivity contribution in [1.29, 1.82) is 0 Å². The topological polar surface area (TPSA) is 44.1 Å². The Labute approximate surface area is 168 Å². The first kappa shape index (κ1) is 19.2. The van der Waals surface area contributed by atoms with Crippen LogP contribution in [-0.2, 0) is 16.1 Å². The van der Waals surface area contributed by atoms with Gasteiger partial charge in [0.15, 0.2) is 0 Å². The zero-order chi connectivity index (χ0) is 19.2. The molecule has 6 heteroatoms. The van der Waals surface area contributed by atoms with Crippen molar-refractivity contribution >= 4 is 35.2 Å². The van der Waals surface area contributed by atoms with Crippen LogP contribution in [-0.4, -0.2) is 22.4 Å². The Morgan fingerprint density at radius 3 is 2.63 bits per heavy atom. The highest BCUT2D eigenvalue weighted by molar-refractivity contribution is 6.35. The molecule has 1 heterocycles. The minimum Gasteiger partial charge on any atom is -0.463 e. The molecule has 4 nitrogen and oxygen atoms in total. The first-order chi connectivity index (χ1) is 13.1. The monoisotopic (exact) mass is 400 g/mol. The van der Waals surface area contributed by atoms with Crippen molar-refractivity contribution in [3.05, 3.63) is 82.0 Å². The van der Waals surface area contributed by atoms with E-state index in [9.17, 15) is 4.79 Å². The minimum absolute atomic E-state index is 0.331. The fourth-order valence-corrected chi connectivity index (χ4v) is 3.07. The molecule has 0 fully saturated rings. The van der Waals surface area contributed by atoms with Gasteiger partial charge in [-0.3, -0.25) is 4.68 Å². The van der Waals surface area contributed by atoms with Crippen molar-refractivity contribution in [1.82, 2.24) is 9.78 Å². The van der Waals surface area contributed by atoms with Crippen molar-refractivity contribution in [2.75, 3.05) is 6.61 Å². The number of rotatable bonds is 6. The first-order valence-electron chi connectivity index (χ1n) is 8.49. The summed E-state index contributed by atoms with van der Waals surface area (Å²) in [7, 11) is 0. The molecule has 0 N–H and O–H groups in total. The number of hydrogen-bond acceptors (Lipinski definition) is 3. The molecule has 0 atom stereocenters. The van der Waals surface area contributed by atoms with Crippen LogP contribution < -0.4 is 0 Å². The van der Waals surface area contributed by atoms with Crippen LogP contribution in [0.4, 0.5) is 0 Å². The Balaban J connectivity index is 1.96. The van der Waals surface area contributed by atoms with Gasteiger partial charge >= 0.3 is 5.97 Å². The van der Waals surface area contributed by atoms with E-state index in [1.54, 1.807) is 29.8 Å². The van der Waals surface area contributed by atoms with Crippen molar-refractivity contribution < 1.29 is 9.53 Å². The number of esters is 1. The van der Waals surface area contributed by atoms with Crippen molar-refractivity contribution in [3.8, 4) is 11.3 Å². The predicted molar refractivity (Wildman–Crippen MR) is 109 cm³/mol. The molecule has 0 amide bonds. The summed E-state index contributed by atoms with van der Waals surface area (Å²) in [5, 5.41) is 5.83. The number of benzene rings is 2. The molecule has 0 radical (unpaired) electrons. The van der Waals surface area contributed by atoms with E-state index in [4.69, 9.17) is 27.9 Å². The van der Waals surface area contributed by atoms with Gasteiger partial charge in [-0.1, -0.05) is 59.6 Å². The summed E-state index contributed by atoms with van der Waals surface area (Å²) in [6, 6.07) is 17.1. The number of carbonyl (C=O) groups is 1. The molecular weight excluding hydrogens is 383 g/mol. The fourth-order valence-electron chi connectivity index (χ4n) is 2.60. The fraction of sp³-hybridized carbons (Fsp3) is 0.143. The third-order valence-electron chi connectivity index (χ3n) is 3.89. The van der Waals surface area contributed by atoms with Gasteiger partial charge in [-0.05, 0) is 36.8 Å². The van der Waals surface area contributed by atoms with Gasteiger partial charge in [0, 0.05) is 21.7 Å². The first-order valence-corrected chi connectivity index (χ1v) is 9.24. The maximum Gasteiger partial charge on any atom is 0.330 e. The lowest BCUT2D eigenvalue weighted by Crippen LogP contribution is -2.05.